The first kappa shape index (κ1) is 12.2. The minimum Gasteiger partial charge on any atom is -0.361 e. The van der Waals surface area contributed by atoms with E-state index in [0.717, 1.165) is 0 Å². The van der Waals surface area contributed by atoms with E-state index >= 15 is 0 Å². The largest absolute Gasteiger partial charge is 0.361 e. The van der Waals surface area contributed by atoms with E-state index < -0.39 is 5.82 Å². The van der Waals surface area contributed by atoms with E-state index in [-0.39, 0.29) is 0 Å². The number of carbonyl (C=O) groups is 1. The quantitative estimate of drug-likeness (QED) is 0.541. The maximum Gasteiger partial charge on any atom is 0.152 e. The predicted molar refractivity (Wildman–Crippen MR) is 64.4 cm³/mol. The summed E-state index contributed by atoms with van der Waals surface area (Å²) in [5.74, 6) is -0.409. The second-order valence-corrected chi connectivity index (χ2v) is 3.28. The highest BCUT2D eigenvalue weighted by atomic mass is 19.1. The maximum absolute atomic E-state index is 13.7. The van der Waals surface area contributed by atoms with Gasteiger partial charge >= 0.3 is 0 Å². The van der Waals surface area contributed by atoms with Crippen LogP contribution in [0.4, 0.5) is 10.1 Å². The molecule has 84 valence electrons. The van der Waals surface area contributed by atoms with E-state index in [1.165, 1.54) is 12.1 Å². The Morgan fingerprint density at radius 1 is 1.25 bits per heavy atom. The van der Waals surface area contributed by atoms with E-state index in [1.54, 1.807) is 23.1 Å². The summed E-state index contributed by atoms with van der Waals surface area (Å²) in [4.78, 5) is 12.6. The fourth-order valence-electron chi connectivity index (χ4n) is 1.53. The van der Waals surface area contributed by atoms with Crippen molar-refractivity contribution in [3.63, 3.8) is 0 Å². The third-order valence-electron chi connectivity index (χ3n) is 2.16. The number of halogens is 1. The third-order valence-corrected chi connectivity index (χ3v) is 2.16. The molecule has 0 aromatic heterocycles. The molecule has 0 saturated carbocycles. The van der Waals surface area contributed by atoms with Crippen LogP contribution >= 0.6 is 0 Å². The van der Waals surface area contributed by atoms with Crippen molar-refractivity contribution in [3.05, 3.63) is 54.9 Å². The first-order valence-electron chi connectivity index (χ1n) is 4.95. The molecule has 0 aliphatic heterocycles. The van der Waals surface area contributed by atoms with Gasteiger partial charge in [-0.1, -0.05) is 18.2 Å². The van der Waals surface area contributed by atoms with Crippen LogP contribution in [0.2, 0.25) is 0 Å². The maximum atomic E-state index is 13.7. The number of benzene rings is 1. The molecule has 3 heteroatoms. The van der Waals surface area contributed by atoms with Gasteiger partial charge in [-0.25, -0.2) is 4.39 Å². The van der Waals surface area contributed by atoms with Crippen LogP contribution in [0.5, 0.6) is 0 Å². The number of hydrogen-bond acceptors (Lipinski definition) is 2. The lowest BCUT2D eigenvalue weighted by molar-refractivity contribution is 0.112. The molecule has 0 unspecified atom stereocenters. The summed E-state index contributed by atoms with van der Waals surface area (Å²) in [6, 6.07) is 4.44. The van der Waals surface area contributed by atoms with Crippen LogP contribution in [0, 0.1) is 5.82 Å². The Bertz CT molecular complexity index is 391. The Labute approximate surface area is 94.7 Å². The van der Waals surface area contributed by atoms with E-state index in [9.17, 15) is 9.18 Å². The number of carbonyl (C=O) groups excluding carboxylic acids is 1. The molecule has 0 aliphatic carbocycles. The topological polar surface area (TPSA) is 20.3 Å². The fraction of sp³-hybridized carbons (Fsp3) is 0.154. The molecule has 0 radical (unpaired) electrons. The minimum absolute atomic E-state index is 0.303. The molecular formula is C13H14FNO. The first-order valence-corrected chi connectivity index (χ1v) is 4.95. The average Bonchev–Trinajstić information content (AvgIpc) is 2.28. The van der Waals surface area contributed by atoms with Crippen molar-refractivity contribution >= 4 is 12.0 Å². The molecular weight excluding hydrogens is 205 g/mol. The first-order chi connectivity index (χ1) is 7.74. The highest BCUT2D eigenvalue weighted by Gasteiger charge is 2.13. The lowest BCUT2D eigenvalue weighted by Crippen LogP contribution is -2.25. The van der Waals surface area contributed by atoms with E-state index in [1.807, 2.05) is 0 Å². The molecule has 0 aliphatic rings. The van der Waals surface area contributed by atoms with Crippen molar-refractivity contribution < 1.29 is 9.18 Å². The second kappa shape index (κ2) is 5.85. The SMILES string of the molecule is C=CCN(CC=C)c1c(F)cccc1C=O. The Morgan fingerprint density at radius 2 is 1.88 bits per heavy atom. The standard InChI is InChI=1S/C13H14FNO/c1-3-8-15(9-4-2)13-11(10-16)6-5-7-12(13)14/h3-7,10H,1-2,8-9H2. The van der Waals surface area contributed by atoms with Crippen molar-refractivity contribution in [3.8, 4) is 0 Å². The van der Waals surface area contributed by atoms with Crippen molar-refractivity contribution in [2.75, 3.05) is 18.0 Å². The Kier molecular flexibility index (Phi) is 4.45. The Hall–Kier alpha value is -1.90. The van der Waals surface area contributed by atoms with Gasteiger partial charge in [0, 0.05) is 18.7 Å². The van der Waals surface area contributed by atoms with Crippen molar-refractivity contribution in [2.24, 2.45) is 0 Å². The third kappa shape index (κ3) is 2.57. The molecule has 2 nitrogen and oxygen atoms in total. The highest BCUT2D eigenvalue weighted by Crippen LogP contribution is 2.23. The summed E-state index contributed by atoms with van der Waals surface area (Å²) in [6.07, 6.45) is 3.96. The van der Waals surface area contributed by atoms with Crippen LogP contribution in [0.1, 0.15) is 10.4 Å². The summed E-state index contributed by atoms with van der Waals surface area (Å²) in [5.41, 5.74) is 0.640. The number of anilines is 1. The van der Waals surface area contributed by atoms with E-state index in [2.05, 4.69) is 13.2 Å². The molecule has 0 bridgehead atoms. The van der Waals surface area contributed by atoms with Gasteiger partial charge in [0.05, 0.1) is 5.69 Å². The predicted octanol–water partition coefficient (Wildman–Crippen LogP) is 2.82. The smallest absolute Gasteiger partial charge is 0.152 e. The summed E-state index contributed by atoms with van der Waals surface area (Å²) in [6.45, 7) is 8.15. The summed E-state index contributed by atoms with van der Waals surface area (Å²) < 4.78 is 13.7. The molecule has 1 aromatic carbocycles. The van der Waals surface area contributed by atoms with Gasteiger partial charge in [-0.15, -0.1) is 13.2 Å². The van der Waals surface area contributed by atoms with Gasteiger partial charge < -0.3 is 4.90 Å². The van der Waals surface area contributed by atoms with Crippen LogP contribution in [-0.2, 0) is 0 Å². The van der Waals surface area contributed by atoms with Crippen molar-refractivity contribution in [2.45, 2.75) is 0 Å². The van der Waals surface area contributed by atoms with Crippen LogP contribution in [0.15, 0.2) is 43.5 Å². The zero-order valence-electron chi connectivity index (χ0n) is 9.03. The molecule has 0 saturated heterocycles. The van der Waals surface area contributed by atoms with Gasteiger partial charge in [0.2, 0.25) is 0 Å². The van der Waals surface area contributed by atoms with Gasteiger partial charge in [0.25, 0.3) is 0 Å². The van der Waals surface area contributed by atoms with E-state index in [4.69, 9.17) is 0 Å². The van der Waals surface area contributed by atoms with Gasteiger partial charge in [-0.3, -0.25) is 4.79 Å². The zero-order chi connectivity index (χ0) is 12.0. The molecule has 0 spiro atoms. The number of nitrogens with zero attached hydrogens (tertiary/aromatic N) is 1. The van der Waals surface area contributed by atoms with Crippen molar-refractivity contribution in [1.82, 2.24) is 0 Å². The number of aldehydes is 1. The second-order valence-electron chi connectivity index (χ2n) is 3.28. The number of hydrogen-bond donors (Lipinski definition) is 0. The minimum atomic E-state index is -0.409. The molecule has 1 rings (SSSR count). The Balaban J connectivity index is 3.19. The monoisotopic (exact) mass is 219 g/mol. The van der Waals surface area contributed by atoms with Crippen LogP contribution in [0.25, 0.3) is 0 Å². The lowest BCUT2D eigenvalue weighted by Gasteiger charge is -2.23. The zero-order valence-corrected chi connectivity index (χ0v) is 9.03. The molecule has 0 fully saturated rings. The van der Waals surface area contributed by atoms with Gasteiger partial charge in [-0.05, 0) is 12.1 Å². The van der Waals surface area contributed by atoms with Crippen LogP contribution in [0.3, 0.4) is 0 Å². The normalized spacial score (nSPS) is 9.56. The summed E-state index contributed by atoms with van der Waals surface area (Å²) in [7, 11) is 0. The highest BCUT2D eigenvalue weighted by molar-refractivity contribution is 5.85. The molecule has 16 heavy (non-hydrogen) atoms. The molecule has 0 amide bonds. The van der Waals surface area contributed by atoms with Crippen LogP contribution in [-0.4, -0.2) is 19.4 Å². The van der Waals surface area contributed by atoms with E-state index in [0.29, 0.717) is 30.6 Å². The average molecular weight is 219 g/mol. The molecule has 0 N–H and O–H groups in total. The number of rotatable bonds is 6. The summed E-state index contributed by atoms with van der Waals surface area (Å²) in [5, 5.41) is 0. The number of para-hydroxylation sites is 1. The van der Waals surface area contributed by atoms with Crippen molar-refractivity contribution in [1.29, 1.82) is 0 Å². The Morgan fingerprint density at radius 3 is 2.38 bits per heavy atom. The molecule has 0 heterocycles. The summed E-state index contributed by atoms with van der Waals surface area (Å²) >= 11 is 0. The lowest BCUT2D eigenvalue weighted by atomic mass is 10.1. The molecule has 0 atom stereocenters. The molecule has 1 aromatic rings. The van der Waals surface area contributed by atoms with Crippen LogP contribution < -0.4 is 4.90 Å². The van der Waals surface area contributed by atoms with Gasteiger partial charge in [0.1, 0.15) is 5.82 Å². The fourth-order valence-corrected chi connectivity index (χ4v) is 1.53. The van der Waals surface area contributed by atoms with Gasteiger partial charge in [0.15, 0.2) is 6.29 Å². The van der Waals surface area contributed by atoms with Gasteiger partial charge in [-0.2, -0.15) is 0 Å².